The number of amidine groups is 1. The molecular weight excluding hydrogens is 232 g/mol. The van der Waals surface area contributed by atoms with Crippen LogP contribution in [0.1, 0.15) is 18.4 Å². The molecule has 2 heterocycles. The van der Waals surface area contributed by atoms with Crippen molar-refractivity contribution in [2.45, 2.75) is 18.9 Å². The van der Waals surface area contributed by atoms with E-state index >= 15 is 0 Å². The van der Waals surface area contributed by atoms with Crippen LogP contribution >= 0.6 is 0 Å². The van der Waals surface area contributed by atoms with Gasteiger partial charge < -0.3 is 20.6 Å². The van der Waals surface area contributed by atoms with Crippen molar-refractivity contribution < 1.29 is 9.94 Å². The molecule has 1 aromatic heterocycles. The number of ether oxygens (including phenoxy) is 1. The molecule has 0 aromatic carbocycles. The third-order valence-electron chi connectivity index (χ3n) is 3.24. The van der Waals surface area contributed by atoms with Crippen molar-refractivity contribution in [3.63, 3.8) is 0 Å². The minimum atomic E-state index is 0.104. The van der Waals surface area contributed by atoms with E-state index in [1.807, 2.05) is 0 Å². The number of hydrogen-bond donors (Lipinski definition) is 2. The van der Waals surface area contributed by atoms with Crippen LogP contribution in [0.15, 0.2) is 23.6 Å². The predicted octanol–water partition coefficient (Wildman–Crippen LogP) is 0.791. The molecule has 3 N–H and O–H groups in total. The van der Waals surface area contributed by atoms with Crippen molar-refractivity contribution in [1.82, 2.24) is 4.98 Å². The van der Waals surface area contributed by atoms with Crippen LogP contribution in [-0.2, 0) is 4.74 Å². The molecule has 0 spiro atoms. The number of oxime groups is 1. The number of rotatable bonds is 3. The van der Waals surface area contributed by atoms with Crippen LogP contribution in [0.2, 0.25) is 0 Å². The molecular formula is C12H18N4O2. The lowest BCUT2D eigenvalue weighted by atomic mass is 10.1. The van der Waals surface area contributed by atoms with E-state index in [2.05, 4.69) is 15.0 Å². The van der Waals surface area contributed by atoms with Crippen LogP contribution in [0.25, 0.3) is 0 Å². The van der Waals surface area contributed by atoms with E-state index in [1.54, 1.807) is 25.6 Å². The van der Waals surface area contributed by atoms with Crippen molar-refractivity contribution in [2.75, 3.05) is 25.1 Å². The van der Waals surface area contributed by atoms with Crippen LogP contribution < -0.4 is 10.6 Å². The van der Waals surface area contributed by atoms with E-state index in [1.165, 1.54) is 0 Å². The van der Waals surface area contributed by atoms with Crippen LogP contribution in [0.4, 0.5) is 5.69 Å². The number of aromatic nitrogens is 1. The highest BCUT2D eigenvalue weighted by Crippen LogP contribution is 2.23. The van der Waals surface area contributed by atoms with Gasteiger partial charge in [0.05, 0.1) is 18.0 Å². The molecule has 0 saturated carbocycles. The van der Waals surface area contributed by atoms with Crippen molar-refractivity contribution >= 4 is 11.5 Å². The Labute approximate surface area is 106 Å². The molecule has 0 aliphatic carbocycles. The van der Waals surface area contributed by atoms with Gasteiger partial charge in [-0.2, -0.15) is 0 Å². The molecule has 2 rings (SSSR count). The fourth-order valence-corrected chi connectivity index (χ4v) is 2.26. The zero-order valence-electron chi connectivity index (χ0n) is 10.4. The number of anilines is 1. The first-order valence-electron chi connectivity index (χ1n) is 5.96. The maximum Gasteiger partial charge on any atom is 0.172 e. The molecule has 1 aliphatic rings. The third kappa shape index (κ3) is 2.53. The van der Waals surface area contributed by atoms with E-state index in [9.17, 15) is 0 Å². The van der Waals surface area contributed by atoms with Crippen LogP contribution in [0, 0.1) is 0 Å². The molecule has 0 bridgehead atoms. The number of pyridine rings is 1. The second-order valence-electron chi connectivity index (χ2n) is 4.32. The molecule has 6 nitrogen and oxygen atoms in total. The lowest BCUT2D eigenvalue weighted by Crippen LogP contribution is -2.40. The Balaban J connectivity index is 2.27. The highest BCUT2D eigenvalue weighted by atomic mass is 16.5. The summed E-state index contributed by atoms with van der Waals surface area (Å²) < 4.78 is 5.40. The number of hydrogen-bond acceptors (Lipinski definition) is 5. The number of nitrogens with zero attached hydrogens (tertiary/aromatic N) is 3. The largest absolute Gasteiger partial charge is 0.409 e. The van der Waals surface area contributed by atoms with Crippen LogP contribution in [-0.4, -0.2) is 42.3 Å². The summed E-state index contributed by atoms with van der Waals surface area (Å²) in [5.74, 6) is 0.104. The summed E-state index contributed by atoms with van der Waals surface area (Å²) in [5, 5.41) is 11.9. The average molecular weight is 250 g/mol. The SMILES string of the molecule is COC1CCCN(c2cnccc2/C(N)=N/O)C1. The summed E-state index contributed by atoms with van der Waals surface area (Å²) in [4.78, 5) is 6.28. The first-order valence-corrected chi connectivity index (χ1v) is 5.96. The summed E-state index contributed by atoms with van der Waals surface area (Å²) in [5.41, 5.74) is 7.27. The Hall–Kier alpha value is -1.82. The highest BCUT2D eigenvalue weighted by Gasteiger charge is 2.22. The van der Waals surface area contributed by atoms with E-state index in [0.29, 0.717) is 5.56 Å². The van der Waals surface area contributed by atoms with E-state index in [4.69, 9.17) is 15.7 Å². The zero-order chi connectivity index (χ0) is 13.0. The average Bonchev–Trinajstić information content (AvgIpc) is 2.46. The summed E-state index contributed by atoms with van der Waals surface area (Å²) in [6.45, 7) is 1.73. The van der Waals surface area contributed by atoms with E-state index < -0.39 is 0 Å². The molecule has 6 heteroatoms. The Morgan fingerprint density at radius 2 is 2.50 bits per heavy atom. The molecule has 1 atom stereocenters. The molecule has 1 fully saturated rings. The van der Waals surface area contributed by atoms with Gasteiger partial charge in [-0.15, -0.1) is 0 Å². The molecule has 18 heavy (non-hydrogen) atoms. The minimum absolute atomic E-state index is 0.104. The molecule has 1 aromatic rings. The molecule has 0 amide bonds. The van der Waals surface area contributed by atoms with Gasteiger partial charge in [-0.05, 0) is 18.9 Å². The fraction of sp³-hybridized carbons (Fsp3) is 0.500. The highest BCUT2D eigenvalue weighted by molar-refractivity contribution is 6.02. The normalized spacial score (nSPS) is 21.1. The summed E-state index contributed by atoms with van der Waals surface area (Å²) >= 11 is 0. The third-order valence-corrected chi connectivity index (χ3v) is 3.24. The number of piperidine rings is 1. The monoisotopic (exact) mass is 250 g/mol. The van der Waals surface area contributed by atoms with Crippen molar-refractivity contribution in [3.8, 4) is 0 Å². The number of nitrogens with two attached hydrogens (primary N) is 1. The van der Waals surface area contributed by atoms with Crippen molar-refractivity contribution in [2.24, 2.45) is 10.9 Å². The first kappa shape index (κ1) is 12.6. The molecule has 0 radical (unpaired) electrons. The van der Waals surface area contributed by atoms with Crippen LogP contribution in [0.3, 0.4) is 0 Å². The van der Waals surface area contributed by atoms with Crippen LogP contribution in [0.5, 0.6) is 0 Å². The van der Waals surface area contributed by atoms with Gasteiger partial charge in [-0.3, -0.25) is 4.98 Å². The molecule has 1 saturated heterocycles. The molecule has 1 aliphatic heterocycles. The van der Waals surface area contributed by atoms with Gasteiger partial charge in [0.1, 0.15) is 0 Å². The minimum Gasteiger partial charge on any atom is -0.409 e. The summed E-state index contributed by atoms with van der Waals surface area (Å²) in [6.07, 6.45) is 5.72. The standard InChI is InChI=1S/C12H18N4O2/c1-18-9-3-2-6-16(8-9)11-7-14-5-4-10(11)12(13)15-17/h4-5,7,9,17H,2-3,6,8H2,1H3,(H2,13,15). The van der Waals surface area contributed by atoms with Crippen molar-refractivity contribution in [1.29, 1.82) is 0 Å². The second-order valence-corrected chi connectivity index (χ2v) is 4.32. The predicted molar refractivity (Wildman–Crippen MR) is 69.0 cm³/mol. The Morgan fingerprint density at radius 3 is 3.22 bits per heavy atom. The lowest BCUT2D eigenvalue weighted by Gasteiger charge is -2.34. The Kier molecular flexibility index (Phi) is 3.99. The molecule has 98 valence electrons. The first-order chi connectivity index (χ1) is 8.76. The maximum absolute atomic E-state index is 8.81. The van der Waals surface area contributed by atoms with Gasteiger partial charge in [-0.25, -0.2) is 0 Å². The maximum atomic E-state index is 8.81. The van der Waals surface area contributed by atoms with Gasteiger partial charge in [-0.1, -0.05) is 5.16 Å². The fourth-order valence-electron chi connectivity index (χ4n) is 2.26. The number of methoxy groups -OCH3 is 1. The van der Waals surface area contributed by atoms with Crippen molar-refractivity contribution in [3.05, 3.63) is 24.0 Å². The van der Waals surface area contributed by atoms with Gasteiger partial charge in [0.2, 0.25) is 0 Å². The second kappa shape index (κ2) is 5.68. The van der Waals surface area contributed by atoms with Gasteiger partial charge in [0.15, 0.2) is 5.84 Å². The van der Waals surface area contributed by atoms with E-state index in [0.717, 1.165) is 31.6 Å². The quantitative estimate of drug-likeness (QED) is 0.358. The zero-order valence-corrected chi connectivity index (χ0v) is 10.4. The Morgan fingerprint density at radius 1 is 1.67 bits per heavy atom. The van der Waals surface area contributed by atoms with Gasteiger partial charge >= 0.3 is 0 Å². The van der Waals surface area contributed by atoms with Gasteiger partial charge in [0, 0.05) is 32.0 Å². The summed E-state index contributed by atoms with van der Waals surface area (Å²) in [7, 11) is 1.72. The van der Waals surface area contributed by atoms with Gasteiger partial charge in [0.25, 0.3) is 0 Å². The van der Waals surface area contributed by atoms with E-state index in [-0.39, 0.29) is 11.9 Å². The smallest absolute Gasteiger partial charge is 0.172 e. The topological polar surface area (TPSA) is 84.0 Å². The molecule has 1 unspecified atom stereocenters. The Bertz CT molecular complexity index is 436. The summed E-state index contributed by atoms with van der Waals surface area (Å²) in [6, 6.07) is 1.75. The lowest BCUT2D eigenvalue weighted by molar-refractivity contribution is 0.0893.